The standard InChI is InChI=1S/C17H21FN2O/c1-13-3-4-14(11-17(13)18)12-19-15-5-7-16(8-6-15)20(2)9-10-21/h3-8,11,19,21H,9-10,12H2,1-2H3. The third-order valence-corrected chi connectivity index (χ3v) is 3.48. The molecule has 2 aromatic rings. The molecule has 0 saturated carbocycles. The number of aryl methyl sites for hydroxylation is 1. The third kappa shape index (κ3) is 4.20. The zero-order valence-electron chi connectivity index (χ0n) is 12.4. The molecule has 0 amide bonds. The predicted molar refractivity (Wildman–Crippen MR) is 85.3 cm³/mol. The normalized spacial score (nSPS) is 10.5. The van der Waals surface area contributed by atoms with Crippen molar-refractivity contribution in [1.82, 2.24) is 0 Å². The molecule has 0 radical (unpaired) electrons. The van der Waals surface area contributed by atoms with E-state index >= 15 is 0 Å². The molecule has 0 aromatic heterocycles. The minimum atomic E-state index is -0.171. The van der Waals surface area contributed by atoms with E-state index in [4.69, 9.17) is 5.11 Å². The number of anilines is 2. The zero-order chi connectivity index (χ0) is 15.2. The van der Waals surface area contributed by atoms with Crippen LogP contribution in [-0.4, -0.2) is 25.3 Å². The number of likely N-dealkylation sites (N-methyl/N-ethyl adjacent to an activating group) is 1. The maximum absolute atomic E-state index is 13.5. The van der Waals surface area contributed by atoms with Crippen LogP contribution in [0.4, 0.5) is 15.8 Å². The molecule has 3 nitrogen and oxygen atoms in total. The van der Waals surface area contributed by atoms with Gasteiger partial charge in [0.1, 0.15) is 5.82 Å². The van der Waals surface area contributed by atoms with Gasteiger partial charge in [-0.3, -0.25) is 0 Å². The largest absolute Gasteiger partial charge is 0.395 e. The van der Waals surface area contributed by atoms with Crippen LogP contribution in [0.2, 0.25) is 0 Å². The lowest BCUT2D eigenvalue weighted by Crippen LogP contribution is -2.20. The van der Waals surface area contributed by atoms with Crippen molar-refractivity contribution < 1.29 is 9.50 Å². The maximum atomic E-state index is 13.5. The van der Waals surface area contributed by atoms with Crippen LogP contribution >= 0.6 is 0 Å². The number of benzene rings is 2. The van der Waals surface area contributed by atoms with Gasteiger partial charge in [-0.2, -0.15) is 0 Å². The molecule has 2 N–H and O–H groups in total. The van der Waals surface area contributed by atoms with Crippen LogP contribution in [-0.2, 0) is 6.54 Å². The second-order valence-corrected chi connectivity index (χ2v) is 5.13. The van der Waals surface area contributed by atoms with Gasteiger partial charge in [-0.15, -0.1) is 0 Å². The van der Waals surface area contributed by atoms with Gasteiger partial charge in [-0.05, 0) is 48.4 Å². The van der Waals surface area contributed by atoms with Gasteiger partial charge in [-0.1, -0.05) is 12.1 Å². The lowest BCUT2D eigenvalue weighted by Gasteiger charge is -2.18. The van der Waals surface area contributed by atoms with E-state index in [1.807, 2.05) is 42.3 Å². The van der Waals surface area contributed by atoms with Gasteiger partial charge < -0.3 is 15.3 Å². The van der Waals surface area contributed by atoms with Crippen molar-refractivity contribution in [2.75, 3.05) is 30.4 Å². The Labute approximate surface area is 125 Å². The summed E-state index contributed by atoms with van der Waals surface area (Å²) in [5.41, 5.74) is 3.61. The van der Waals surface area contributed by atoms with E-state index in [0.717, 1.165) is 16.9 Å². The Balaban J connectivity index is 1.95. The Kier molecular flexibility index (Phi) is 5.17. The number of hydrogen-bond donors (Lipinski definition) is 2. The van der Waals surface area contributed by atoms with Crippen molar-refractivity contribution in [1.29, 1.82) is 0 Å². The molecule has 0 aliphatic rings. The van der Waals surface area contributed by atoms with E-state index in [1.165, 1.54) is 0 Å². The van der Waals surface area contributed by atoms with E-state index in [1.54, 1.807) is 19.1 Å². The Bertz CT molecular complexity index is 584. The molecule has 0 saturated heterocycles. The summed E-state index contributed by atoms with van der Waals surface area (Å²) in [7, 11) is 1.94. The number of aliphatic hydroxyl groups excluding tert-OH is 1. The van der Waals surface area contributed by atoms with Crippen molar-refractivity contribution >= 4 is 11.4 Å². The number of rotatable bonds is 6. The highest BCUT2D eigenvalue weighted by molar-refractivity contribution is 5.54. The minimum Gasteiger partial charge on any atom is -0.395 e. The summed E-state index contributed by atoms with van der Waals surface area (Å²) in [5, 5.41) is 12.2. The van der Waals surface area contributed by atoms with Gasteiger partial charge in [0, 0.05) is 31.5 Å². The van der Waals surface area contributed by atoms with Crippen molar-refractivity contribution in [3.8, 4) is 0 Å². The fraction of sp³-hybridized carbons (Fsp3) is 0.294. The minimum absolute atomic E-state index is 0.134. The topological polar surface area (TPSA) is 35.5 Å². The zero-order valence-corrected chi connectivity index (χ0v) is 12.4. The molecule has 2 rings (SSSR count). The molecule has 0 aliphatic heterocycles. The van der Waals surface area contributed by atoms with E-state index in [-0.39, 0.29) is 12.4 Å². The average Bonchev–Trinajstić information content (AvgIpc) is 2.49. The maximum Gasteiger partial charge on any atom is 0.126 e. The molecule has 21 heavy (non-hydrogen) atoms. The average molecular weight is 288 g/mol. The molecule has 0 aliphatic carbocycles. The summed E-state index contributed by atoms with van der Waals surface area (Å²) in [6.45, 7) is 3.09. The lowest BCUT2D eigenvalue weighted by atomic mass is 10.1. The molecular formula is C17H21FN2O. The molecule has 0 bridgehead atoms. The Morgan fingerprint density at radius 3 is 2.48 bits per heavy atom. The highest BCUT2D eigenvalue weighted by atomic mass is 19.1. The van der Waals surface area contributed by atoms with E-state index in [0.29, 0.717) is 18.7 Å². The van der Waals surface area contributed by atoms with Gasteiger partial charge in [0.05, 0.1) is 6.61 Å². The molecule has 0 heterocycles. The van der Waals surface area contributed by atoms with Crippen molar-refractivity contribution in [2.45, 2.75) is 13.5 Å². The van der Waals surface area contributed by atoms with Crippen LogP contribution in [0.15, 0.2) is 42.5 Å². The fourth-order valence-electron chi connectivity index (χ4n) is 2.06. The highest BCUT2D eigenvalue weighted by Crippen LogP contribution is 2.17. The Morgan fingerprint density at radius 2 is 1.86 bits per heavy atom. The molecule has 0 atom stereocenters. The van der Waals surface area contributed by atoms with Crippen LogP contribution in [0.3, 0.4) is 0 Å². The predicted octanol–water partition coefficient (Wildman–Crippen LogP) is 3.17. The monoisotopic (exact) mass is 288 g/mol. The summed E-state index contributed by atoms with van der Waals surface area (Å²) < 4.78 is 13.5. The van der Waals surface area contributed by atoms with Gasteiger partial charge in [-0.25, -0.2) is 4.39 Å². The van der Waals surface area contributed by atoms with Crippen LogP contribution in [0.1, 0.15) is 11.1 Å². The van der Waals surface area contributed by atoms with E-state index < -0.39 is 0 Å². The van der Waals surface area contributed by atoms with Crippen molar-refractivity contribution in [3.63, 3.8) is 0 Å². The smallest absolute Gasteiger partial charge is 0.126 e. The molecule has 0 fully saturated rings. The number of aliphatic hydroxyl groups is 1. The lowest BCUT2D eigenvalue weighted by molar-refractivity contribution is 0.304. The second kappa shape index (κ2) is 7.09. The molecule has 0 unspecified atom stereocenters. The second-order valence-electron chi connectivity index (χ2n) is 5.13. The first-order valence-electron chi connectivity index (χ1n) is 7.01. The number of halogens is 1. The fourth-order valence-corrected chi connectivity index (χ4v) is 2.06. The SMILES string of the molecule is Cc1ccc(CNc2ccc(N(C)CCO)cc2)cc1F. The first kappa shape index (κ1) is 15.3. The van der Waals surface area contributed by atoms with Crippen molar-refractivity contribution in [2.24, 2.45) is 0 Å². The summed E-state index contributed by atoms with van der Waals surface area (Å²) >= 11 is 0. The number of nitrogens with zero attached hydrogens (tertiary/aromatic N) is 1. The summed E-state index contributed by atoms with van der Waals surface area (Å²) in [6, 6.07) is 13.2. The van der Waals surface area contributed by atoms with Crippen LogP contribution < -0.4 is 10.2 Å². The number of nitrogens with one attached hydrogen (secondary N) is 1. The van der Waals surface area contributed by atoms with Gasteiger partial charge >= 0.3 is 0 Å². The summed E-state index contributed by atoms with van der Waals surface area (Å²) in [6.07, 6.45) is 0. The quantitative estimate of drug-likeness (QED) is 0.857. The molecule has 0 spiro atoms. The molecule has 2 aromatic carbocycles. The van der Waals surface area contributed by atoms with Crippen LogP contribution in [0.5, 0.6) is 0 Å². The van der Waals surface area contributed by atoms with E-state index in [9.17, 15) is 4.39 Å². The molecule has 4 heteroatoms. The Morgan fingerprint density at radius 1 is 1.14 bits per heavy atom. The molecule has 112 valence electrons. The molecular weight excluding hydrogens is 267 g/mol. The van der Waals surface area contributed by atoms with Crippen LogP contribution in [0.25, 0.3) is 0 Å². The Hall–Kier alpha value is -2.07. The summed E-state index contributed by atoms with van der Waals surface area (Å²) in [4.78, 5) is 1.99. The third-order valence-electron chi connectivity index (χ3n) is 3.48. The highest BCUT2D eigenvalue weighted by Gasteiger charge is 2.01. The first-order chi connectivity index (χ1) is 10.1. The number of hydrogen-bond acceptors (Lipinski definition) is 3. The van der Waals surface area contributed by atoms with Gasteiger partial charge in [0.15, 0.2) is 0 Å². The van der Waals surface area contributed by atoms with Gasteiger partial charge in [0.2, 0.25) is 0 Å². The first-order valence-corrected chi connectivity index (χ1v) is 7.01. The van der Waals surface area contributed by atoms with E-state index in [2.05, 4.69) is 5.32 Å². The van der Waals surface area contributed by atoms with Crippen LogP contribution in [0, 0.1) is 12.7 Å². The van der Waals surface area contributed by atoms with Crippen molar-refractivity contribution in [3.05, 3.63) is 59.4 Å². The summed E-state index contributed by atoms with van der Waals surface area (Å²) in [5.74, 6) is -0.171. The van der Waals surface area contributed by atoms with Gasteiger partial charge in [0.25, 0.3) is 0 Å².